The van der Waals surface area contributed by atoms with Crippen LogP contribution in [0.4, 0.5) is 0 Å². The Morgan fingerprint density at radius 3 is 1.71 bits per heavy atom. The van der Waals surface area contributed by atoms with E-state index in [1.165, 1.54) is 7.11 Å². The highest BCUT2D eigenvalue weighted by Crippen LogP contribution is 1.35. The van der Waals surface area contributed by atoms with Crippen LogP contribution in [0.3, 0.4) is 0 Å². The van der Waals surface area contributed by atoms with E-state index in [0.717, 1.165) is 0 Å². The van der Waals surface area contributed by atoms with Crippen molar-refractivity contribution in [3.63, 3.8) is 0 Å². The summed E-state index contributed by atoms with van der Waals surface area (Å²) in [5, 5.41) is 2.75. The quantitative estimate of drug-likeness (QED) is 0.462. The number of rotatable bonds is 1. The maximum Gasteiger partial charge on any atom is 0.292 e. The highest BCUT2D eigenvalue weighted by molar-refractivity contribution is 5.36. The van der Waals surface area contributed by atoms with E-state index in [0.29, 0.717) is 6.47 Å². The highest BCUT2D eigenvalue weighted by Gasteiger charge is 1.44. The van der Waals surface area contributed by atoms with Crippen molar-refractivity contribution in [2.75, 3.05) is 21.2 Å². The van der Waals surface area contributed by atoms with Gasteiger partial charge in [-0.25, -0.2) is 0 Å². The molecule has 1 N–H and O–H groups in total. The molecule has 0 radical (unpaired) electrons. The predicted octanol–water partition coefficient (Wildman–Crippen LogP) is -0.375. The molecule has 0 fully saturated rings. The second-order valence-corrected chi connectivity index (χ2v) is 0.832. The fraction of sp³-hybridized carbons (Fsp3) is 0.750. The molecule has 0 rings (SSSR count). The van der Waals surface area contributed by atoms with Crippen molar-refractivity contribution < 1.29 is 9.53 Å². The van der Waals surface area contributed by atoms with Gasteiger partial charge in [0.05, 0.1) is 7.11 Å². The number of methoxy groups -OCH3 is 1. The van der Waals surface area contributed by atoms with E-state index in [1.54, 1.807) is 0 Å². The lowest BCUT2D eigenvalue weighted by Gasteiger charge is -1.67. The molecular formula is C4H11NO2. The fourth-order valence-corrected chi connectivity index (χ4v) is 0. The van der Waals surface area contributed by atoms with Crippen LogP contribution >= 0.6 is 0 Å². The average molecular weight is 105 g/mol. The average Bonchev–Trinajstić information content (AvgIpc) is 1.69. The first kappa shape index (κ1) is 9.66. The molecule has 44 valence electrons. The monoisotopic (exact) mass is 105 g/mol. The van der Waals surface area contributed by atoms with Crippen LogP contribution in [-0.2, 0) is 9.53 Å². The van der Waals surface area contributed by atoms with Gasteiger partial charge in [-0.2, -0.15) is 0 Å². The zero-order chi connectivity index (χ0) is 6.12. The van der Waals surface area contributed by atoms with Crippen LogP contribution in [0.5, 0.6) is 0 Å². The molecule has 0 aliphatic carbocycles. The van der Waals surface area contributed by atoms with Gasteiger partial charge in [0, 0.05) is 0 Å². The van der Waals surface area contributed by atoms with Gasteiger partial charge in [0.2, 0.25) is 0 Å². The molecule has 7 heavy (non-hydrogen) atoms. The van der Waals surface area contributed by atoms with Crippen LogP contribution in [0, 0.1) is 0 Å². The third-order valence-electron chi connectivity index (χ3n) is 0.0962. The Labute approximate surface area is 43.7 Å². The van der Waals surface area contributed by atoms with Crippen LogP contribution in [0.25, 0.3) is 0 Å². The number of hydrogen-bond donors (Lipinski definition) is 1. The standard InChI is InChI=1S/C2H7N.C2H4O2/c1-3-2;1-4-2-3/h3H,1-2H3;2H,1H3. The summed E-state index contributed by atoms with van der Waals surface area (Å²) in [7, 11) is 5.06. The fourth-order valence-electron chi connectivity index (χ4n) is 0. The minimum atomic E-state index is 0.375. The second kappa shape index (κ2) is 18.0. The van der Waals surface area contributed by atoms with Crippen LogP contribution in [0.15, 0.2) is 0 Å². The SMILES string of the molecule is CNC.COC=O. The van der Waals surface area contributed by atoms with Gasteiger partial charge in [0.25, 0.3) is 6.47 Å². The Kier molecular flexibility index (Phi) is 24.9. The van der Waals surface area contributed by atoms with Gasteiger partial charge in [-0.05, 0) is 14.1 Å². The summed E-state index contributed by atoms with van der Waals surface area (Å²) >= 11 is 0. The molecule has 0 heterocycles. The third-order valence-corrected chi connectivity index (χ3v) is 0.0962. The molecule has 0 atom stereocenters. The van der Waals surface area contributed by atoms with Gasteiger partial charge in [-0.15, -0.1) is 0 Å². The lowest BCUT2D eigenvalue weighted by Crippen LogP contribution is -1.89. The van der Waals surface area contributed by atoms with Crippen molar-refractivity contribution in [1.29, 1.82) is 0 Å². The lowest BCUT2D eigenvalue weighted by molar-refractivity contribution is -0.126. The summed E-state index contributed by atoms with van der Waals surface area (Å²) < 4.78 is 3.86. The zero-order valence-corrected chi connectivity index (χ0v) is 4.89. The second-order valence-electron chi connectivity index (χ2n) is 0.832. The third kappa shape index (κ3) is 346. The number of carbonyl (C=O) groups is 1. The number of ether oxygens (including phenoxy) is 1. The van der Waals surface area contributed by atoms with E-state index in [4.69, 9.17) is 4.79 Å². The van der Waals surface area contributed by atoms with E-state index in [1.807, 2.05) is 14.1 Å². The van der Waals surface area contributed by atoms with Crippen molar-refractivity contribution in [2.24, 2.45) is 0 Å². The minimum absolute atomic E-state index is 0.375. The highest BCUT2D eigenvalue weighted by atomic mass is 16.5. The lowest BCUT2D eigenvalue weighted by atomic mass is 11.3. The molecular weight excluding hydrogens is 94.0 g/mol. The molecule has 3 heteroatoms. The molecule has 0 aliphatic heterocycles. The van der Waals surface area contributed by atoms with E-state index in [-0.39, 0.29) is 0 Å². The van der Waals surface area contributed by atoms with E-state index < -0.39 is 0 Å². The van der Waals surface area contributed by atoms with E-state index in [2.05, 4.69) is 10.1 Å². The zero-order valence-electron chi connectivity index (χ0n) is 4.89. The molecule has 0 amide bonds. The molecule has 0 aromatic heterocycles. The van der Waals surface area contributed by atoms with Crippen molar-refractivity contribution >= 4 is 6.47 Å². The Morgan fingerprint density at radius 1 is 1.57 bits per heavy atom. The smallest absolute Gasteiger partial charge is 0.292 e. The van der Waals surface area contributed by atoms with Gasteiger partial charge in [0.1, 0.15) is 0 Å². The van der Waals surface area contributed by atoms with Crippen molar-refractivity contribution in [3.05, 3.63) is 0 Å². The number of hydrogen-bond acceptors (Lipinski definition) is 3. The molecule has 0 spiro atoms. The summed E-state index contributed by atoms with van der Waals surface area (Å²) in [4.78, 5) is 8.95. The first-order chi connectivity index (χ1) is 3.33. The van der Waals surface area contributed by atoms with Crippen LogP contribution in [-0.4, -0.2) is 27.7 Å². The Balaban J connectivity index is 0. The topological polar surface area (TPSA) is 38.3 Å². The van der Waals surface area contributed by atoms with Crippen molar-refractivity contribution in [2.45, 2.75) is 0 Å². The molecule has 0 saturated heterocycles. The summed E-state index contributed by atoms with van der Waals surface area (Å²) in [5.74, 6) is 0. The largest absolute Gasteiger partial charge is 0.471 e. The molecule has 0 saturated carbocycles. The number of nitrogens with one attached hydrogen (secondary N) is 1. The van der Waals surface area contributed by atoms with Crippen molar-refractivity contribution in [3.8, 4) is 0 Å². The molecule has 0 bridgehead atoms. The number of carbonyl (C=O) groups excluding carboxylic acids is 1. The summed E-state index contributed by atoms with van der Waals surface area (Å²) in [5.41, 5.74) is 0. The Bertz CT molecular complexity index is 30.9. The minimum Gasteiger partial charge on any atom is -0.471 e. The van der Waals surface area contributed by atoms with E-state index in [9.17, 15) is 0 Å². The first-order valence-corrected chi connectivity index (χ1v) is 1.88. The van der Waals surface area contributed by atoms with Crippen LogP contribution < -0.4 is 5.32 Å². The first-order valence-electron chi connectivity index (χ1n) is 1.88. The van der Waals surface area contributed by atoms with E-state index >= 15 is 0 Å². The van der Waals surface area contributed by atoms with Gasteiger partial charge < -0.3 is 10.1 Å². The Morgan fingerprint density at radius 2 is 1.71 bits per heavy atom. The van der Waals surface area contributed by atoms with Crippen molar-refractivity contribution in [1.82, 2.24) is 5.32 Å². The van der Waals surface area contributed by atoms with Gasteiger partial charge >= 0.3 is 0 Å². The van der Waals surface area contributed by atoms with Gasteiger partial charge in [-0.3, -0.25) is 4.79 Å². The molecule has 0 aliphatic rings. The summed E-state index contributed by atoms with van der Waals surface area (Å²) in [6.45, 7) is 0.375. The Hall–Kier alpha value is -0.570. The maximum atomic E-state index is 8.95. The summed E-state index contributed by atoms with van der Waals surface area (Å²) in [6, 6.07) is 0. The van der Waals surface area contributed by atoms with Gasteiger partial charge in [-0.1, -0.05) is 0 Å². The maximum absolute atomic E-state index is 8.95. The summed E-state index contributed by atoms with van der Waals surface area (Å²) in [6.07, 6.45) is 0. The van der Waals surface area contributed by atoms with Gasteiger partial charge in [0.15, 0.2) is 0 Å². The molecule has 0 unspecified atom stereocenters. The normalized spacial score (nSPS) is 5.57. The van der Waals surface area contributed by atoms with Crippen LogP contribution in [0.1, 0.15) is 0 Å². The van der Waals surface area contributed by atoms with Crippen LogP contribution in [0.2, 0.25) is 0 Å². The molecule has 3 nitrogen and oxygen atoms in total. The molecule has 0 aromatic rings. The molecule has 0 aromatic carbocycles. The predicted molar refractivity (Wildman–Crippen MR) is 28.1 cm³/mol.